The second-order valence-electron chi connectivity index (χ2n) is 4.13. The Hall–Kier alpha value is -1.54. The molecule has 0 radical (unpaired) electrons. The standard InChI is InChI=1S/C11H14N2O5.CH3/c12-10(17)6-2-1-3-13(4-6)11-9(16)8(15)7(5-14)18-11;/h1-4,7-9,11,14-16H,5H2,(H-,12,17);1H3/q;-1/p+1/t7-,8-,9+,11-;/m1./s1. The smallest absolute Gasteiger partial charge is 0.292 e. The molecule has 19 heavy (non-hydrogen) atoms. The van der Waals surface area contributed by atoms with Crippen molar-refractivity contribution in [3.8, 4) is 0 Å². The van der Waals surface area contributed by atoms with Crippen LogP contribution in [0.15, 0.2) is 24.5 Å². The fourth-order valence-corrected chi connectivity index (χ4v) is 1.92. The molecule has 0 saturated carbocycles. The van der Waals surface area contributed by atoms with Crippen LogP contribution in [0, 0.1) is 7.43 Å². The van der Waals surface area contributed by atoms with Gasteiger partial charge < -0.3 is 33.2 Å². The zero-order valence-corrected chi connectivity index (χ0v) is 10.5. The molecule has 106 valence electrons. The number of hydrogen-bond donors (Lipinski definition) is 4. The van der Waals surface area contributed by atoms with Gasteiger partial charge in [0.1, 0.15) is 17.8 Å². The molecule has 0 spiro atoms. The van der Waals surface area contributed by atoms with E-state index in [2.05, 4.69) is 0 Å². The highest BCUT2D eigenvalue weighted by atomic mass is 16.6. The molecule has 0 unspecified atom stereocenters. The van der Waals surface area contributed by atoms with E-state index in [-0.39, 0.29) is 13.0 Å². The van der Waals surface area contributed by atoms with Crippen LogP contribution in [0.5, 0.6) is 0 Å². The van der Waals surface area contributed by atoms with E-state index in [4.69, 9.17) is 15.6 Å². The molecular formula is C12H18N2O5. The summed E-state index contributed by atoms with van der Waals surface area (Å²) < 4.78 is 6.75. The van der Waals surface area contributed by atoms with Crippen LogP contribution in [0.1, 0.15) is 16.6 Å². The van der Waals surface area contributed by atoms with Gasteiger partial charge in [0.05, 0.1) is 6.61 Å². The summed E-state index contributed by atoms with van der Waals surface area (Å²) >= 11 is 0. The van der Waals surface area contributed by atoms with Gasteiger partial charge >= 0.3 is 0 Å². The van der Waals surface area contributed by atoms with Crippen molar-refractivity contribution in [2.75, 3.05) is 6.61 Å². The van der Waals surface area contributed by atoms with E-state index in [0.717, 1.165) is 0 Å². The van der Waals surface area contributed by atoms with Gasteiger partial charge in [0.2, 0.25) is 0 Å². The van der Waals surface area contributed by atoms with Crippen LogP contribution >= 0.6 is 0 Å². The quantitative estimate of drug-likeness (QED) is 0.379. The Morgan fingerprint density at radius 3 is 2.63 bits per heavy atom. The molecule has 1 saturated heterocycles. The number of ether oxygens (including phenoxy) is 1. The van der Waals surface area contributed by atoms with Crippen LogP contribution in [0.3, 0.4) is 0 Å². The highest BCUT2D eigenvalue weighted by Crippen LogP contribution is 2.24. The summed E-state index contributed by atoms with van der Waals surface area (Å²) in [5, 5.41) is 28.4. The lowest BCUT2D eigenvalue weighted by molar-refractivity contribution is -0.765. The van der Waals surface area contributed by atoms with E-state index in [9.17, 15) is 15.0 Å². The Morgan fingerprint density at radius 2 is 2.11 bits per heavy atom. The van der Waals surface area contributed by atoms with Crippen molar-refractivity contribution in [2.24, 2.45) is 5.73 Å². The van der Waals surface area contributed by atoms with Gasteiger partial charge in [-0.3, -0.25) is 4.79 Å². The van der Waals surface area contributed by atoms with Gasteiger partial charge in [-0.05, 0) is 6.07 Å². The Kier molecular flexibility index (Phi) is 4.96. The Bertz CT molecular complexity index is 454. The first kappa shape index (κ1) is 15.5. The van der Waals surface area contributed by atoms with Crippen molar-refractivity contribution in [1.82, 2.24) is 0 Å². The molecule has 1 aliphatic rings. The number of nitrogens with zero attached hydrogens (tertiary/aromatic N) is 1. The summed E-state index contributed by atoms with van der Waals surface area (Å²) in [7, 11) is 0. The molecule has 1 aromatic heterocycles. The molecule has 0 aromatic carbocycles. The number of aliphatic hydroxyl groups is 3. The number of aliphatic hydroxyl groups excluding tert-OH is 3. The number of pyridine rings is 1. The van der Waals surface area contributed by atoms with Gasteiger partial charge in [0, 0.05) is 6.07 Å². The third kappa shape index (κ3) is 2.90. The number of amides is 1. The Labute approximate surface area is 110 Å². The number of carbonyl (C=O) groups is 1. The summed E-state index contributed by atoms with van der Waals surface area (Å²) in [6, 6.07) is 3.11. The van der Waals surface area contributed by atoms with Crippen LogP contribution in [-0.2, 0) is 4.74 Å². The van der Waals surface area contributed by atoms with Gasteiger partial charge in [0.25, 0.3) is 12.1 Å². The third-order valence-electron chi connectivity index (χ3n) is 2.92. The normalized spacial score (nSPS) is 29.8. The monoisotopic (exact) mass is 270 g/mol. The molecule has 7 nitrogen and oxygen atoms in total. The van der Waals surface area contributed by atoms with Crippen molar-refractivity contribution in [1.29, 1.82) is 0 Å². The highest BCUT2D eigenvalue weighted by molar-refractivity contribution is 5.92. The Balaban J connectivity index is 0.00000180. The third-order valence-corrected chi connectivity index (χ3v) is 2.92. The van der Waals surface area contributed by atoms with E-state index >= 15 is 0 Å². The molecule has 1 aliphatic heterocycles. The molecule has 1 aromatic rings. The molecule has 4 atom stereocenters. The van der Waals surface area contributed by atoms with Gasteiger partial charge in [-0.1, -0.05) is 0 Å². The summed E-state index contributed by atoms with van der Waals surface area (Å²) in [5.41, 5.74) is 5.41. The average molecular weight is 270 g/mol. The van der Waals surface area contributed by atoms with Gasteiger partial charge in [-0.25, -0.2) is 0 Å². The predicted octanol–water partition coefficient (Wildman–Crippen LogP) is -1.87. The Morgan fingerprint density at radius 1 is 1.42 bits per heavy atom. The average Bonchev–Trinajstić information content (AvgIpc) is 2.66. The van der Waals surface area contributed by atoms with Gasteiger partial charge in [-0.2, -0.15) is 4.57 Å². The molecule has 2 rings (SSSR count). The SMILES string of the molecule is NC(=O)c1ccc[n+]([C@@H]2O[C@H](CO)[C@@H](O)[C@@H]2O)c1.[CH3-]. The first-order valence-electron chi connectivity index (χ1n) is 5.47. The van der Waals surface area contributed by atoms with Crippen LogP contribution in [0.25, 0.3) is 0 Å². The maximum atomic E-state index is 11.1. The summed E-state index contributed by atoms with van der Waals surface area (Å²) in [4.78, 5) is 11.1. The van der Waals surface area contributed by atoms with E-state index in [0.29, 0.717) is 0 Å². The number of hydrogen-bond acceptors (Lipinski definition) is 5. The lowest BCUT2D eigenvalue weighted by atomic mass is 10.1. The van der Waals surface area contributed by atoms with E-state index in [1.807, 2.05) is 0 Å². The molecule has 7 heteroatoms. The van der Waals surface area contributed by atoms with E-state index in [1.165, 1.54) is 16.8 Å². The van der Waals surface area contributed by atoms with E-state index < -0.39 is 37.1 Å². The molecule has 0 bridgehead atoms. The van der Waals surface area contributed by atoms with Gasteiger partial charge in [0.15, 0.2) is 18.5 Å². The fraction of sp³-hybridized carbons (Fsp3) is 0.417. The van der Waals surface area contributed by atoms with Crippen molar-refractivity contribution in [3.63, 3.8) is 0 Å². The number of nitrogens with two attached hydrogens (primary N) is 1. The fourth-order valence-electron chi connectivity index (χ4n) is 1.92. The summed E-state index contributed by atoms with van der Waals surface area (Å²) in [5.74, 6) is -0.601. The van der Waals surface area contributed by atoms with Crippen molar-refractivity contribution < 1.29 is 29.4 Å². The zero-order chi connectivity index (χ0) is 13.3. The molecule has 1 fully saturated rings. The molecule has 2 heterocycles. The van der Waals surface area contributed by atoms with Crippen LogP contribution in [-0.4, -0.2) is 46.1 Å². The highest BCUT2D eigenvalue weighted by Gasteiger charge is 2.47. The molecule has 0 aliphatic carbocycles. The first-order valence-corrected chi connectivity index (χ1v) is 5.47. The zero-order valence-electron chi connectivity index (χ0n) is 10.5. The number of carbonyl (C=O) groups excluding carboxylic acids is 1. The second kappa shape index (κ2) is 6.07. The van der Waals surface area contributed by atoms with Crippen LogP contribution in [0.4, 0.5) is 0 Å². The van der Waals surface area contributed by atoms with Crippen molar-refractivity contribution in [3.05, 3.63) is 37.5 Å². The summed E-state index contributed by atoms with van der Waals surface area (Å²) in [6.07, 6.45) is -1.08. The van der Waals surface area contributed by atoms with E-state index in [1.54, 1.807) is 12.3 Å². The maximum Gasteiger partial charge on any atom is 0.292 e. The molecule has 1 amide bonds. The van der Waals surface area contributed by atoms with Crippen LogP contribution in [0.2, 0.25) is 0 Å². The number of primary amides is 1. The lowest BCUT2D eigenvalue weighted by Gasteiger charge is -2.09. The van der Waals surface area contributed by atoms with Crippen LogP contribution < -0.4 is 10.3 Å². The minimum absolute atomic E-state index is 0. The lowest BCUT2D eigenvalue weighted by Crippen LogP contribution is -2.46. The molecule has 5 N–H and O–H groups in total. The van der Waals surface area contributed by atoms with Crippen molar-refractivity contribution in [2.45, 2.75) is 24.5 Å². The number of aromatic nitrogens is 1. The largest absolute Gasteiger partial charge is 0.394 e. The molecular weight excluding hydrogens is 252 g/mol. The van der Waals surface area contributed by atoms with Crippen molar-refractivity contribution >= 4 is 5.91 Å². The maximum absolute atomic E-state index is 11.1. The first-order chi connectivity index (χ1) is 8.54. The summed E-state index contributed by atoms with van der Waals surface area (Å²) in [6.45, 7) is -0.398. The number of rotatable bonds is 3. The topological polar surface area (TPSA) is 117 Å². The predicted molar refractivity (Wildman–Crippen MR) is 64.6 cm³/mol. The minimum atomic E-state index is -1.18. The minimum Gasteiger partial charge on any atom is -0.394 e. The van der Waals surface area contributed by atoms with Gasteiger partial charge in [-0.15, -0.1) is 0 Å². The second-order valence-corrected chi connectivity index (χ2v) is 4.13.